The van der Waals surface area contributed by atoms with Crippen LogP contribution in [0, 0.1) is 11.8 Å². The summed E-state index contributed by atoms with van der Waals surface area (Å²) in [7, 11) is -3.09. The molecule has 1 aromatic rings. The molecule has 1 heterocycles. The first kappa shape index (κ1) is 14.5. The number of fused-ring (bicyclic) bond motifs is 1. The highest BCUT2D eigenvalue weighted by Gasteiger charge is 2.39. The van der Waals surface area contributed by atoms with E-state index in [1.54, 1.807) is 6.07 Å². The predicted molar refractivity (Wildman–Crippen MR) is 78.1 cm³/mol. The lowest BCUT2D eigenvalue weighted by Gasteiger charge is -2.27. The van der Waals surface area contributed by atoms with E-state index in [0.717, 1.165) is 18.7 Å². The summed E-state index contributed by atoms with van der Waals surface area (Å²) in [5.74, 6) is 1.21. The van der Waals surface area contributed by atoms with E-state index in [0.29, 0.717) is 16.7 Å². The number of hydrogen-bond donors (Lipinski definition) is 1. The van der Waals surface area contributed by atoms with Crippen molar-refractivity contribution in [1.82, 2.24) is 5.32 Å². The zero-order valence-corrected chi connectivity index (χ0v) is 12.7. The van der Waals surface area contributed by atoms with Gasteiger partial charge < -0.3 is 5.32 Å². The summed E-state index contributed by atoms with van der Waals surface area (Å²) in [4.78, 5) is 0.544. The molecular weight excluding hydrogens is 258 g/mol. The first-order valence-electron chi connectivity index (χ1n) is 6.99. The second-order valence-corrected chi connectivity index (χ2v) is 7.64. The SMILES string of the molecule is CCNCC(C(C)C)C1CS(=O)(=O)c2ccccc21. The molecule has 0 aromatic heterocycles. The first-order valence-corrected chi connectivity index (χ1v) is 8.65. The molecule has 2 atom stereocenters. The fourth-order valence-electron chi connectivity index (χ4n) is 2.99. The molecule has 0 aliphatic carbocycles. The van der Waals surface area contributed by atoms with Crippen LogP contribution in [-0.2, 0) is 9.84 Å². The number of benzene rings is 1. The summed E-state index contributed by atoms with van der Waals surface area (Å²) >= 11 is 0. The third-order valence-corrected chi connectivity index (χ3v) is 5.90. The average Bonchev–Trinajstić information content (AvgIpc) is 2.63. The van der Waals surface area contributed by atoms with Gasteiger partial charge in [-0.3, -0.25) is 0 Å². The highest BCUT2D eigenvalue weighted by atomic mass is 32.2. The van der Waals surface area contributed by atoms with Crippen molar-refractivity contribution in [3.05, 3.63) is 29.8 Å². The van der Waals surface area contributed by atoms with Crippen molar-refractivity contribution in [2.45, 2.75) is 31.6 Å². The number of hydrogen-bond acceptors (Lipinski definition) is 3. The summed E-state index contributed by atoms with van der Waals surface area (Å²) in [6.45, 7) is 8.23. The van der Waals surface area contributed by atoms with E-state index >= 15 is 0 Å². The molecule has 0 radical (unpaired) electrons. The van der Waals surface area contributed by atoms with Gasteiger partial charge in [-0.25, -0.2) is 8.42 Å². The normalized spacial score (nSPS) is 22.4. The Bertz CT molecular complexity index is 537. The number of sulfone groups is 1. The highest BCUT2D eigenvalue weighted by Crippen LogP contribution is 2.41. The molecule has 0 saturated heterocycles. The van der Waals surface area contributed by atoms with Crippen LogP contribution in [0.4, 0.5) is 0 Å². The second kappa shape index (κ2) is 5.63. The Balaban J connectivity index is 2.36. The standard InChI is InChI=1S/C15H23NO2S/c1-4-16-9-13(11(2)3)14-10-19(17,18)15-8-6-5-7-12(14)15/h5-8,11,13-14,16H,4,9-10H2,1-3H3. The molecule has 0 bridgehead atoms. The number of nitrogens with one attached hydrogen (secondary N) is 1. The molecule has 3 nitrogen and oxygen atoms in total. The fraction of sp³-hybridized carbons (Fsp3) is 0.600. The largest absolute Gasteiger partial charge is 0.317 e. The third-order valence-electron chi connectivity index (χ3n) is 4.06. The molecule has 1 N–H and O–H groups in total. The summed E-state index contributed by atoms with van der Waals surface area (Å²) in [6, 6.07) is 7.48. The van der Waals surface area contributed by atoms with Crippen LogP contribution >= 0.6 is 0 Å². The Morgan fingerprint density at radius 3 is 2.63 bits per heavy atom. The minimum Gasteiger partial charge on any atom is -0.317 e. The smallest absolute Gasteiger partial charge is 0.179 e. The van der Waals surface area contributed by atoms with Gasteiger partial charge in [-0.15, -0.1) is 0 Å². The lowest BCUT2D eigenvalue weighted by Crippen LogP contribution is -2.31. The zero-order valence-electron chi connectivity index (χ0n) is 11.9. The molecule has 4 heteroatoms. The van der Waals surface area contributed by atoms with E-state index < -0.39 is 9.84 Å². The van der Waals surface area contributed by atoms with E-state index in [1.165, 1.54) is 0 Å². The van der Waals surface area contributed by atoms with E-state index in [1.807, 2.05) is 18.2 Å². The molecule has 1 aliphatic heterocycles. The molecule has 106 valence electrons. The van der Waals surface area contributed by atoms with Crippen LogP contribution in [-0.4, -0.2) is 27.3 Å². The monoisotopic (exact) mass is 281 g/mol. The van der Waals surface area contributed by atoms with Gasteiger partial charge in [0.2, 0.25) is 0 Å². The molecule has 19 heavy (non-hydrogen) atoms. The predicted octanol–water partition coefficient (Wildman–Crippen LogP) is 2.44. The Kier molecular flexibility index (Phi) is 4.31. The van der Waals surface area contributed by atoms with Gasteiger partial charge in [0.05, 0.1) is 10.6 Å². The van der Waals surface area contributed by atoms with E-state index in [4.69, 9.17) is 0 Å². The van der Waals surface area contributed by atoms with Gasteiger partial charge in [0.15, 0.2) is 9.84 Å². The van der Waals surface area contributed by atoms with E-state index in [-0.39, 0.29) is 11.7 Å². The van der Waals surface area contributed by atoms with Crippen molar-refractivity contribution in [3.8, 4) is 0 Å². The van der Waals surface area contributed by atoms with Crippen LogP contribution in [0.5, 0.6) is 0 Å². The quantitative estimate of drug-likeness (QED) is 0.901. The maximum Gasteiger partial charge on any atom is 0.179 e. The molecule has 0 amide bonds. The van der Waals surface area contributed by atoms with Gasteiger partial charge in [0, 0.05) is 5.92 Å². The highest BCUT2D eigenvalue weighted by molar-refractivity contribution is 7.91. The van der Waals surface area contributed by atoms with Crippen LogP contribution in [0.25, 0.3) is 0 Å². The third kappa shape index (κ3) is 2.84. The lowest BCUT2D eigenvalue weighted by atomic mass is 9.80. The van der Waals surface area contributed by atoms with Gasteiger partial charge in [0.1, 0.15) is 0 Å². The van der Waals surface area contributed by atoms with Crippen LogP contribution in [0.2, 0.25) is 0 Å². The molecule has 0 fully saturated rings. The summed E-state index contributed by atoms with van der Waals surface area (Å²) in [6.07, 6.45) is 0. The molecule has 0 saturated carbocycles. The minimum atomic E-state index is -3.09. The summed E-state index contributed by atoms with van der Waals surface area (Å²) < 4.78 is 24.5. The van der Waals surface area contributed by atoms with E-state index in [2.05, 4.69) is 26.1 Å². The molecular formula is C15H23NO2S. The fourth-order valence-corrected chi connectivity index (χ4v) is 4.94. The Hall–Kier alpha value is -0.870. The summed E-state index contributed by atoms with van der Waals surface area (Å²) in [5, 5.41) is 3.37. The van der Waals surface area contributed by atoms with Gasteiger partial charge in [-0.1, -0.05) is 39.0 Å². The Labute approximate surface area is 116 Å². The Morgan fingerprint density at radius 1 is 1.32 bits per heavy atom. The topological polar surface area (TPSA) is 46.2 Å². The van der Waals surface area contributed by atoms with Crippen LogP contribution in [0.3, 0.4) is 0 Å². The van der Waals surface area contributed by atoms with Crippen LogP contribution < -0.4 is 5.32 Å². The van der Waals surface area contributed by atoms with Crippen LogP contribution in [0.15, 0.2) is 29.2 Å². The zero-order chi connectivity index (χ0) is 14.0. The van der Waals surface area contributed by atoms with Gasteiger partial charge in [-0.2, -0.15) is 0 Å². The first-order chi connectivity index (χ1) is 8.97. The number of rotatable bonds is 5. The van der Waals surface area contributed by atoms with Crippen molar-refractivity contribution < 1.29 is 8.42 Å². The molecule has 1 aliphatic rings. The van der Waals surface area contributed by atoms with Crippen molar-refractivity contribution in [2.24, 2.45) is 11.8 Å². The maximum absolute atomic E-state index is 12.2. The van der Waals surface area contributed by atoms with Gasteiger partial charge in [-0.05, 0) is 36.6 Å². The van der Waals surface area contributed by atoms with Crippen molar-refractivity contribution in [3.63, 3.8) is 0 Å². The van der Waals surface area contributed by atoms with Crippen molar-refractivity contribution in [2.75, 3.05) is 18.8 Å². The lowest BCUT2D eigenvalue weighted by molar-refractivity contribution is 0.321. The average molecular weight is 281 g/mol. The van der Waals surface area contributed by atoms with Gasteiger partial charge >= 0.3 is 0 Å². The van der Waals surface area contributed by atoms with Crippen molar-refractivity contribution >= 4 is 9.84 Å². The summed E-state index contributed by atoms with van der Waals surface area (Å²) in [5.41, 5.74) is 1.01. The maximum atomic E-state index is 12.2. The van der Waals surface area contributed by atoms with Crippen LogP contribution in [0.1, 0.15) is 32.3 Å². The molecule has 1 aromatic carbocycles. The van der Waals surface area contributed by atoms with Crippen molar-refractivity contribution in [1.29, 1.82) is 0 Å². The second-order valence-electron chi connectivity index (χ2n) is 5.64. The molecule has 0 spiro atoms. The van der Waals surface area contributed by atoms with E-state index in [9.17, 15) is 8.42 Å². The molecule has 2 unspecified atom stereocenters. The van der Waals surface area contributed by atoms with Gasteiger partial charge in [0.25, 0.3) is 0 Å². The minimum absolute atomic E-state index is 0.125. The molecule has 2 rings (SSSR count). The Morgan fingerprint density at radius 2 is 2.00 bits per heavy atom.